The monoisotopic (exact) mass is 449 g/mol. The molecule has 0 heterocycles. The van der Waals surface area contributed by atoms with Crippen LogP contribution in [-0.2, 0) is 0 Å². The van der Waals surface area contributed by atoms with Crippen LogP contribution in [0.2, 0.25) is 10.0 Å². The normalized spacial score (nSPS) is 12.4. The summed E-state index contributed by atoms with van der Waals surface area (Å²) in [4.78, 5) is 0. The van der Waals surface area contributed by atoms with Crippen molar-refractivity contribution in [2.45, 2.75) is 19.4 Å². The summed E-state index contributed by atoms with van der Waals surface area (Å²) in [6, 6.07) is 11.9. The van der Waals surface area contributed by atoms with Crippen molar-refractivity contribution in [2.24, 2.45) is 0 Å². The molecule has 0 amide bonds. The van der Waals surface area contributed by atoms with E-state index >= 15 is 0 Å². The van der Waals surface area contributed by atoms with Gasteiger partial charge in [-0.15, -0.1) is 0 Å². The van der Waals surface area contributed by atoms with Crippen molar-refractivity contribution in [3.63, 3.8) is 0 Å². The van der Waals surface area contributed by atoms with Gasteiger partial charge in [-0.1, -0.05) is 74.1 Å². The highest BCUT2D eigenvalue weighted by atomic mass is 79.9. The summed E-state index contributed by atoms with van der Waals surface area (Å²) in [5.74, 6) is 0. The minimum atomic E-state index is 0.00458. The molecule has 112 valence electrons. The summed E-state index contributed by atoms with van der Waals surface area (Å²) in [5, 5.41) is 4.72. The fraction of sp³-hybridized carbons (Fsp3) is 0.250. The Kier molecular flexibility index (Phi) is 6.57. The maximum Gasteiger partial charge on any atom is 0.0643 e. The summed E-state index contributed by atoms with van der Waals surface area (Å²) >= 11 is 19.6. The Balaban J connectivity index is 2.49. The van der Waals surface area contributed by atoms with E-state index in [1.807, 2.05) is 18.2 Å². The SMILES string of the molecule is CCCNC(c1cc(Br)cc(Br)c1)c1cccc(Cl)c1Cl. The summed E-state index contributed by atoms with van der Waals surface area (Å²) < 4.78 is 2.04. The third-order valence-electron chi connectivity index (χ3n) is 3.11. The van der Waals surface area contributed by atoms with Crippen LogP contribution in [-0.4, -0.2) is 6.54 Å². The van der Waals surface area contributed by atoms with Crippen LogP contribution in [0.15, 0.2) is 45.3 Å². The average Bonchev–Trinajstić information content (AvgIpc) is 2.42. The van der Waals surface area contributed by atoms with Crippen molar-refractivity contribution in [1.29, 1.82) is 0 Å². The van der Waals surface area contributed by atoms with E-state index in [1.165, 1.54) is 0 Å². The second kappa shape index (κ2) is 7.98. The van der Waals surface area contributed by atoms with Crippen LogP contribution in [0.1, 0.15) is 30.5 Å². The summed E-state index contributed by atoms with van der Waals surface area (Å²) in [7, 11) is 0. The van der Waals surface area contributed by atoms with E-state index < -0.39 is 0 Å². The van der Waals surface area contributed by atoms with E-state index in [1.54, 1.807) is 6.07 Å². The van der Waals surface area contributed by atoms with E-state index in [0.29, 0.717) is 10.0 Å². The van der Waals surface area contributed by atoms with Crippen molar-refractivity contribution in [3.05, 3.63) is 66.5 Å². The van der Waals surface area contributed by atoms with Gasteiger partial charge in [-0.3, -0.25) is 0 Å². The number of benzene rings is 2. The largest absolute Gasteiger partial charge is 0.306 e. The van der Waals surface area contributed by atoms with Crippen molar-refractivity contribution in [3.8, 4) is 0 Å². The Labute approximate surface area is 152 Å². The molecule has 0 saturated carbocycles. The van der Waals surface area contributed by atoms with Gasteiger partial charge in [0, 0.05) is 8.95 Å². The Morgan fingerprint density at radius 3 is 2.38 bits per heavy atom. The lowest BCUT2D eigenvalue weighted by Gasteiger charge is -2.22. The molecule has 0 bridgehead atoms. The molecule has 2 aromatic carbocycles. The van der Waals surface area contributed by atoms with Crippen molar-refractivity contribution < 1.29 is 0 Å². The smallest absolute Gasteiger partial charge is 0.0643 e. The molecule has 0 aromatic heterocycles. The summed E-state index contributed by atoms with van der Waals surface area (Å²) in [5.41, 5.74) is 2.12. The fourth-order valence-corrected chi connectivity index (χ4v) is 3.93. The molecular formula is C16H15Br2Cl2N. The molecule has 0 aliphatic carbocycles. The minimum absolute atomic E-state index is 0.00458. The van der Waals surface area contributed by atoms with E-state index in [-0.39, 0.29) is 6.04 Å². The molecule has 1 N–H and O–H groups in total. The third kappa shape index (κ3) is 4.46. The molecule has 5 heteroatoms. The Morgan fingerprint density at radius 2 is 1.76 bits per heavy atom. The lowest BCUT2D eigenvalue weighted by Crippen LogP contribution is -2.23. The van der Waals surface area contributed by atoms with Crippen LogP contribution >= 0.6 is 55.1 Å². The molecule has 0 aliphatic rings. The second-order valence-corrected chi connectivity index (χ2v) is 7.35. The van der Waals surface area contributed by atoms with E-state index in [4.69, 9.17) is 23.2 Å². The van der Waals surface area contributed by atoms with Gasteiger partial charge in [0.1, 0.15) is 0 Å². The van der Waals surface area contributed by atoms with E-state index in [2.05, 4.69) is 56.2 Å². The van der Waals surface area contributed by atoms with E-state index in [9.17, 15) is 0 Å². The van der Waals surface area contributed by atoms with Gasteiger partial charge in [0.15, 0.2) is 0 Å². The lowest BCUT2D eigenvalue weighted by molar-refractivity contribution is 0.598. The summed E-state index contributed by atoms with van der Waals surface area (Å²) in [6.07, 6.45) is 1.05. The lowest BCUT2D eigenvalue weighted by atomic mass is 9.98. The first-order chi connectivity index (χ1) is 10.0. The highest BCUT2D eigenvalue weighted by molar-refractivity contribution is 9.11. The van der Waals surface area contributed by atoms with E-state index in [0.717, 1.165) is 33.0 Å². The van der Waals surface area contributed by atoms with Crippen LogP contribution in [0, 0.1) is 0 Å². The van der Waals surface area contributed by atoms with Crippen molar-refractivity contribution in [1.82, 2.24) is 5.32 Å². The van der Waals surface area contributed by atoms with Crippen molar-refractivity contribution in [2.75, 3.05) is 6.54 Å². The van der Waals surface area contributed by atoms with Gasteiger partial charge in [-0.05, 0) is 48.4 Å². The molecule has 1 nitrogen and oxygen atoms in total. The highest BCUT2D eigenvalue weighted by Gasteiger charge is 2.18. The van der Waals surface area contributed by atoms with Gasteiger partial charge in [-0.2, -0.15) is 0 Å². The number of nitrogens with one attached hydrogen (secondary N) is 1. The van der Waals surface area contributed by atoms with Gasteiger partial charge < -0.3 is 5.32 Å². The first-order valence-electron chi connectivity index (χ1n) is 6.66. The first-order valence-corrected chi connectivity index (χ1v) is 9.00. The molecule has 1 unspecified atom stereocenters. The molecule has 2 rings (SSSR count). The fourth-order valence-electron chi connectivity index (χ4n) is 2.18. The molecule has 0 radical (unpaired) electrons. The molecule has 2 aromatic rings. The predicted octanol–water partition coefficient (Wildman–Crippen LogP) is 6.61. The molecule has 0 spiro atoms. The van der Waals surface area contributed by atoms with Gasteiger partial charge in [0.25, 0.3) is 0 Å². The highest BCUT2D eigenvalue weighted by Crippen LogP contribution is 2.35. The van der Waals surface area contributed by atoms with Crippen LogP contribution in [0.5, 0.6) is 0 Å². The molecule has 1 atom stereocenters. The van der Waals surface area contributed by atoms with Crippen LogP contribution < -0.4 is 5.32 Å². The van der Waals surface area contributed by atoms with Crippen LogP contribution in [0.25, 0.3) is 0 Å². The maximum atomic E-state index is 6.40. The number of rotatable bonds is 5. The standard InChI is InChI=1S/C16H15Br2Cl2N/c1-2-6-21-16(10-7-11(17)9-12(18)8-10)13-4-3-5-14(19)15(13)20/h3-5,7-9,16,21H,2,6H2,1H3. The van der Waals surface area contributed by atoms with Crippen LogP contribution in [0.4, 0.5) is 0 Å². The Bertz CT molecular complexity index is 611. The number of hydrogen-bond donors (Lipinski definition) is 1. The first kappa shape index (κ1) is 17.3. The zero-order valence-corrected chi connectivity index (χ0v) is 16.2. The molecule has 0 aliphatic heterocycles. The van der Waals surface area contributed by atoms with Crippen LogP contribution in [0.3, 0.4) is 0 Å². The quantitative estimate of drug-likeness (QED) is 0.539. The minimum Gasteiger partial charge on any atom is -0.306 e. The molecular weight excluding hydrogens is 437 g/mol. The second-order valence-electron chi connectivity index (χ2n) is 4.73. The average molecular weight is 452 g/mol. The number of halogens is 4. The predicted molar refractivity (Wildman–Crippen MR) is 98.4 cm³/mol. The topological polar surface area (TPSA) is 12.0 Å². The Morgan fingerprint density at radius 1 is 1.10 bits per heavy atom. The Hall–Kier alpha value is -0.0600. The molecule has 0 saturated heterocycles. The zero-order valence-electron chi connectivity index (χ0n) is 11.5. The third-order valence-corrected chi connectivity index (χ3v) is 4.86. The van der Waals surface area contributed by atoms with Gasteiger partial charge >= 0.3 is 0 Å². The number of hydrogen-bond acceptors (Lipinski definition) is 1. The molecule has 0 fully saturated rings. The van der Waals surface area contributed by atoms with Crippen molar-refractivity contribution >= 4 is 55.1 Å². The van der Waals surface area contributed by atoms with Gasteiger partial charge in [0.2, 0.25) is 0 Å². The maximum absolute atomic E-state index is 6.40. The zero-order chi connectivity index (χ0) is 15.4. The van der Waals surface area contributed by atoms with Gasteiger partial charge in [0.05, 0.1) is 16.1 Å². The van der Waals surface area contributed by atoms with Gasteiger partial charge in [-0.25, -0.2) is 0 Å². The molecule has 21 heavy (non-hydrogen) atoms. The summed E-state index contributed by atoms with van der Waals surface area (Å²) in [6.45, 7) is 3.04.